The molecule has 4 aromatic carbocycles. The molecule has 0 unspecified atom stereocenters. The van der Waals surface area contributed by atoms with E-state index in [2.05, 4.69) is 63.6 Å². The predicted molar refractivity (Wildman–Crippen MR) is 188 cm³/mol. The van der Waals surface area contributed by atoms with E-state index in [0.29, 0.717) is 18.2 Å². The summed E-state index contributed by atoms with van der Waals surface area (Å²) in [5.74, 6) is -0.0845. The number of ether oxygens (including phenoxy) is 2. The Hall–Kier alpha value is -3.85. The monoisotopic (exact) mass is 645 g/mol. The molecule has 4 aromatic rings. The van der Waals surface area contributed by atoms with E-state index in [1.807, 2.05) is 54.6 Å². The Morgan fingerprint density at radius 3 is 2.27 bits per heavy atom. The fourth-order valence-corrected chi connectivity index (χ4v) is 7.54. The number of amides is 1. The van der Waals surface area contributed by atoms with Gasteiger partial charge < -0.3 is 24.8 Å². The molecule has 0 aliphatic carbocycles. The molecule has 3 saturated heterocycles. The van der Waals surface area contributed by atoms with Gasteiger partial charge in [0.2, 0.25) is 0 Å². The van der Waals surface area contributed by atoms with Crippen LogP contribution >= 0.6 is 0 Å². The minimum absolute atomic E-state index is 0.0302. The number of benzene rings is 4. The normalized spacial score (nSPS) is 23.4. The van der Waals surface area contributed by atoms with Crippen molar-refractivity contribution in [3.8, 4) is 11.1 Å². The number of carbonyl (C=O) groups is 1. The molecule has 0 spiro atoms. The van der Waals surface area contributed by atoms with Gasteiger partial charge in [-0.25, -0.2) is 0 Å². The highest BCUT2D eigenvalue weighted by Gasteiger charge is 2.36. The molecule has 1 amide bonds. The Morgan fingerprint density at radius 1 is 0.771 bits per heavy atom. The highest BCUT2D eigenvalue weighted by Crippen LogP contribution is 2.39. The van der Waals surface area contributed by atoms with E-state index in [9.17, 15) is 9.90 Å². The van der Waals surface area contributed by atoms with Crippen LogP contribution in [0, 0.1) is 0 Å². The first kappa shape index (κ1) is 32.7. The Balaban J connectivity index is 1.07. The Bertz CT molecular complexity index is 1620. The zero-order valence-corrected chi connectivity index (χ0v) is 27.7. The van der Waals surface area contributed by atoms with Crippen LogP contribution in [0.5, 0.6) is 0 Å². The first-order valence-electron chi connectivity index (χ1n) is 17.6. The van der Waals surface area contributed by atoms with Crippen molar-refractivity contribution in [1.82, 2.24) is 15.1 Å². The topological polar surface area (TPSA) is 74.3 Å². The van der Waals surface area contributed by atoms with Crippen molar-refractivity contribution < 1.29 is 19.4 Å². The summed E-state index contributed by atoms with van der Waals surface area (Å²) >= 11 is 0. The maximum Gasteiger partial charge on any atom is 0.251 e. The van der Waals surface area contributed by atoms with E-state index in [0.717, 1.165) is 59.4 Å². The van der Waals surface area contributed by atoms with Gasteiger partial charge in [0.25, 0.3) is 5.91 Å². The summed E-state index contributed by atoms with van der Waals surface area (Å²) in [6.45, 7) is 6.13. The van der Waals surface area contributed by atoms with E-state index in [4.69, 9.17) is 9.47 Å². The number of nitrogens with one attached hydrogen (secondary N) is 1. The van der Waals surface area contributed by atoms with Gasteiger partial charge in [-0.2, -0.15) is 0 Å². The number of hydrogen-bond acceptors (Lipinski definition) is 6. The molecule has 250 valence electrons. The fourth-order valence-electron chi connectivity index (χ4n) is 7.54. The molecule has 2 N–H and O–H groups in total. The summed E-state index contributed by atoms with van der Waals surface area (Å²) in [6.07, 6.45) is 5.40. The number of carbonyl (C=O) groups excluding carboxylic acids is 1. The maximum absolute atomic E-state index is 12.7. The number of nitrogens with zero attached hydrogens (tertiary/aromatic N) is 2. The molecule has 0 saturated carbocycles. The van der Waals surface area contributed by atoms with Crippen LogP contribution < -0.4 is 5.32 Å². The summed E-state index contributed by atoms with van der Waals surface area (Å²) in [4.78, 5) is 18.0. The summed E-state index contributed by atoms with van der Waals surface area (Å²) in [5, 5.41) is 12.7. The summed E-state index contributed by atoms with van der Waals surface area (Å²) in [7, 11) is 0. The van der Waals surface area contributed by atoms with E-state index in [1.165, 1.54) is 38.8 Å². The smallest absolute Gasteiger partial charge is 0.251 e. The summed E-state index contributed by atoms with van der Waals surface area (Å²) < 4.78 is 13.4. The van der Waals surface area contributed by atoms with Crippen LogP contribution in [0.3, 0.4) is 0 Å². The van der Waals surface area contributed by atoms with Gasteiger partial charge in [0.05, 0.1) is 18.8 Å². The Morgan fingerprint density at radius 2 is 1.50 bits per heavy atom. The van der Waals surface area contributed by atoms with Crippen LogP contribution in [0.15, 0.2) is 103 Å². The molecule has 48 heavy (non-hydrogen) atoms. The van der Waals surface area contributed by atoms with E-state index in [-0.39, 0.29) is 24.7 Å². The SMILES string of the molecule is O=C(NCc1ccccc1-c1ccc([C@H]2O[C@@H](CN3CCC[C@H]3CN3CCCC3)C[C@@H](c3ccc(CO)cc3)O2)cc1)c1ccccc1. The van der Waals surface area contributed by atoms with Gasteiger partial charge in [0, 0.05) is 43.2 Å². The molecule has 3 fully saturated rings. The molecule has 7 heteroatoms. The van der Waals surface area contributed by atoms with Gasteiger partial charge in [-0.3, -0.25) is 9.69 Å². The van der Waals surface area contributed by atoms with Crippen LogP contribution in [0.1, 0.15) is 77.1 Å². The van der Waals surface area contributed by atoms with E-state index < -0.39 is 6.29 Å². The third-order valence-corrected chi connectivity index (χ3v) is 10.2. The molecular weight excluding hydrogens is 598 g/mol. The van der Waals surface area contributed by atoms with Gasteiger partial charge in [-0.15, -0.1) is 0 Å². The standard InChI is InChI=1S/C41H47N3O4/c45-29-30-14-16-32(17-15-30)39-25-37(28-44-24-8-12-36(44)27-43-22-6-7-23-43)47-41(48-39)34-20-18-31(19-21-34)38-13-5-4-11-35(38)26-42-40(46)33-9-2-1-3-10-33/h1-5,9-11,13-21,36-37,39,41,45H,6-8,12,22-29H2,(H,42,46)/t36-,37+,39-,41-/m0/s1. The number of hydrogen-bond donors (Lipinski definition) is 2. The van der Waals surface area contributed by atoms with Gasteiger partial charge in [0.1, 0.15) is 0 Å². The second kappa shape index (κ2) is 15.6. The molecule has 0 bridgehead atoms. The van der Waals surface area contributed by atoms with Crippen LogP contribution in [-0.4, -0.2) is 65.7 Å². The Labute approximate surface area is 284 Å². The largest absolute Gasteiger partial charge is 0.392 e. The molecule has 3 aliphatic heterocycles. The molecule has 3 aliphatic rings. The summed E-state index contributed by atoms with van der Waals surface area (Å²) in [5.41, 5.74) is 6.87. The molecule has 3 heterocycles. The molecule has 0 aromatic heterocycles. The minimum atomic E-state index is -0.486. The van der Waals surface area contributed by atoms with Crippen LogP contribution in [0.2, 0.25) is 0 Å². The number of aliphatic hydroxyl groups excluding tert-OH is 1. The van der Waals surface area contributed by atoms with E-state index in [1.54, 1.807) is 0 Å². The first-order valence-corrected chi connectivity index (χ1v) is 17.6. The minimum Gasteiger partial charge on any atom is -0.392 e. The zero-order chi connectivity index (χ0) is 32.7. The third-order valence-electron chi connectivity index (χ3n) is 10.2. The first-order chi connectivity index (χ1) is 23.6. The van der Waals surface area contributed by atoms with Crippen molar-refractivity contribution in [3.63, 3.8) is 0 Å². The molecule has 7 nitrogen and oxygen atoms in total. The maximum atomic E-state index is 12.7. The van der Waals surface area contributed by atoms with Crippen LogP contribution in [-0.2, 0) is 22.6 Å². The van der Waals surface area contributed by atoms with Gasteiger partial charge in [-0.1, -0.05) is 91.0 Å². The van der Waals surface area contributed by atoms with Crippen molar-refractivity contribution in [2.75, 3.05) is 32.7 Å². The lowest BCUT2D eigenvalue weighted by molar-refractivity contribution is -0.253. The Kier molecular flexibility index (Phi) is 10.6. The highest BCUT2D eigenvalue weighted by atomic mass is 16.7. The summed E-state index contributed by atoms with van der Waals surface area (Å²) in [6, 6.07) is 34.7. The van der Waals surface area contributed by atoms with Crippen molar-refractivity contribution >= 4 is 5.91 Å². The molecule has 7 rings (SSSR count). The molecule has 0 radical (unpaired) electrons. The van der Waals surface area contributed by atoms with Crippen LogP contribution in [0.25, 0.3) is 11.1 Å². The van der Waals surface area contributed by atoms with Gasteiger partial charge in [0.15, 0.2) is 6.29 Å². The predicted octanol–water partition coefficient (Wildman–Crippen LogP) is 6.88. The second-order valence-electron chi connectivity index (χ2n) is 13.5. The van der Waals surface area contributed by atoms with Crippen LogP contribution in [0.4, 0.5) is 0 Å². The number of rotatable bonds is 11. The lowest BCUT2D eigenvalue weighted by Crippen LogP contribution is -2.45. The number of aliphatic hydroxyl groups is 1. The fraction of sp³-hybridized carbons (Fsp3) is 0.390. The van der Waals surface area contributed by atoms with Gasteiger partial charge >= 0.3 is 0 Å². The second-order valence-corrected chi connectivity index (χ2v) is 13.5. The van der Waals surface area contributed by atoms with E-state index >= 15 is 0 Å². The number of likely N-dealkylation sites (tertiary alicyclic amines) is 2. The molecule has 4 atom stereocenters. The lowest BCUT2D eigenvalue weighted by atomic mass is 9.97. The lowest BCUT2D eigenvalue weighted by Gasteiger charge is -2.39. The average molecular weight is 646 g/mol. The van der Waals surface area contributed by atoms with Crippen molar-refractivity contribution in [2.24, 2.45) is 0 Å². The third kappa shape index (κ3) is 7.88. The quantitative estimate of drug-likeness (QED) is 0.185. The average Bonchev–Trinajstić information content (AvgIpc) is 3.83. The van der Waals surface area contributed by atoms with Crippen molar-refractivity contribution in [3.05, 3.63) is 131 Å². The van der Waals surface area contributed by atoms with Gasteiger partial charge in [-0.05, 0) is 85.3 Å². The van der Waals surface area contributed by atoms with Crippen molar-refractivity contribution in [2.45, 2.75) is 69.8 Å². The van der Waals surface area contributed by atoms with Crippen molar-refractivity contribution in [1.29, 1.82) is 0 Å². The highest BCUT2D eigenvalue weighted by molar-refractivity contribution is 5.94. The molecular formula is C41H47N3O4. The zero-order valence-electron chi connectivity index (χ0n) is 27.7.